The minimum atomic E-state index is -0.773. The number of nitrogens with zero attached hydrogens (tertiary/aromatic N) is 1. The van der Waals surface area contributed by atoms with Gasteiger partial charge in [-0.15, -0.1) is 0 Å². The van der Waals surface area contributed by atoms with Crippen molar-refractivity contribution >= 4 is 5.97 Å². The maximum Gasteiger partial charge on any atom is 0.305 e. The Balaban J connectivity index is 2.69. The van der Waals surface area contributed by atoms with Gasteiger partial charge in [-0.25, -0.2) is 0 Å². The number of rotatable bonds is 6. The van der Waals surface area contributed by atoms with Gasteiger partial charge in [-0.05, 0) is 5.92 Å². The van der Waals surface area contributed by atoms with Crippen molar-refractivity contribution in [3.05, 3.63) is 0 Å². The van der Waals surface area contributed by atoms with Crippen molar-refractivity contribution < 1.29 is 19.4 Å². The number of carboxylic acids is 1. The SMILES string of the molecule is COCC(C(C)C)N1CCOCC1CC(=O)O. The van der Waals surface area contributed by atoms with Crippen molar-refractivity contribution in [1.29, 1.82) is 0 Å². The van der Waals surface area contributed by atoms with Crippen LogP contribution in [0.4, 0.5) is 0 Å². The summed E-state index contributed by atoms with van der Waals surface area (Å²) in [5.41, 5.74) is 0. The smallest absolute Gasteiger partial charge is 0.305 e. The molecule has 2 atom stereocenters. The van der Waals surface area contributed by atoms with Gasteiger partial charge in [-0.3, -0.25) is 9.69 Å². The zero-order chi connectivity index (χ0) is 12.8. The van der Waals surface area contributed by atoms with Gasteiger partial charge >= 0.3 is 5.97 Å². The summed E-state index contributed by atoms with van der Waals surface area (Å²) >= 11 is 0. The van der Waals surface area contributed by atoms with Gasteiger partial charge in [0.2, 0.25) is 0 Å². The fourth-order valence-electron chi connectivity index (χ4n) is 2.32. The monoisotopic (exact) mass is 245 g/mol. The molecule has 17 heavy (non-hydrogen) atoms. The molecule has 1 aliphatic rings. The van der Waals surface area contributed by atoms with Crippen molar-refractivity contribution in [3.8, 4) is 0 Å². The first-order valence-electron chi connectivity index (χ1n) is 6.10. The molecule has 0 bridgehead atoms. The van der Waals surface area contributed by atoms with Crippen LogP contribution in [0.1, 0.15) is 20.3 Å². The summed E-state index contributed by atoms with van der Waals surface area (Å²) in [5, 5.41) is 8.92. The molecule has 1 N–H and O–H groups in total. The minimum absolute atomic E-state index is 0.0381. The molecule has 5 nitrogen and oxygen atoms in total. The van der Waals surface area contributed by atoms with Gasteiger partial charge in [0.05, 0.1) is 26.2 Å². The van der Waals surface area contributed by atoms with Gasteiger partial charge < -0.3 is 14.6 Å². The molecule has 1 aliphatic heterocycles. The van der Waals surface area contributed by atoms with E-state index in [0.717, 1.165) is 6.54 Å². The third-order valence-corrected chi connectivity index (χ3v) is 3.22. The number of hydrogen-bond acceptors (Lipinski definition) is 4. The molecule has 1 saturated heterocycles. The molecule has 0 amide bonds. The highest BCUT2D eigenvalue weighted by atomic mass is 16.5. The lowest BCUT2D eigenvalue weighted by Gasteiger charge is -2.42. The second kappa shape index (κ2) is 6.93. The second-order valence-electron chi connectivity index (χ2n) is 4.83. The predicted octanol–water partition coefficient (Wildman–Crippen LogP) is 0.833. The van der Waals surface area contributed by atoms with Crippen LogP contribution in [0.5, 0.6) is 0 Å². The number of methoxy groups -OCH3 is 1. The lowest BCUT2D eigenvalue weighted by molar-refractivity contribution is -0.141. The number of morpholine rings is 1. The quantitative estimate of drug-likeness (QED) is 0.751. The third-order valence-electron chi connectivity index (χ3n) is 3.22. The number of carbonyl (C=O) groups is 1. The molecule has 100 valence electrons. The standard InChI is InChI=1S/C12H23NO4/c1-9(2)11(8-16-3)13-4-5-17-7-10(13)6-12(14)15/h9-11H,4-8H2,1-3H3,(H,14,15). The first-order valence-corrected chi connectivity index (χ1v) is 6.10. The summed E-state index contributed by atoms with van der Waals surface area (Å²) in [4.78, 5) is 13.1. The third kappa shape index (κ3) is 4.26. The topological polar surface area (TPSA) is 59.0 Å². The number of hydrogen-bond donors (Lipinski definition) is 1. The van der Waals surface area contributed by atoms with E-state index in [0.29, 0.717) is 25.7 Å². The van der Waals surface area contributed by atoms with Crippen molar-refractivity contribution in [2.45, 2.75) is 32.4 Å². The highest BCUT2D eigenvalue weighted by Gasteiger charge is 2.32. The molecular formula is C12H23NO4. The van der Waals surface area contributed by atoms with Gasteiger partial charge in [-0.1, -0.05) is 13.8 Å². The molecule has 0 saturated carbocycles. The molecule has 0 aliphatic carbocycles. The van der Waals surface area contributed by atoms with Crippen molar-refractivity contribution in [2.24, 2.45) is 5.92 Å². The Hall–Kier alpha value is -0.650. The zero-order valence-electron chi connectivity index (χ0n) is 10.9. The summed E-state index contributed by atoms with van der Waals surface area (Å²) in [6.07, 6.45) is 0.132. The molecule has 0 aromatic carbocycles. The largest absolute Gasteiger partial charge is 0.481 e. The van der Waals surface area contributed by atoms with Crippen LogP contribution in [-0.4, -0.2) is 61.5 Å². The fourth-order valence-corrected chi connectivity index (χ4v) is 2.32. The Kier molecular flexibility index (Phi) is 5.88. The maximum absolute atomic E-state index is 10.8. The first kappa shape index (κ1) is 14.4. The summed E-state index contributed by atoms with van der Waals surface area (Å²) < 4.78 is 10.6. The fraction of sp³-hybridized carbons (Fsp3) is 0.917. The minimum Gasteiger partial charge on any atom is -0.481 e. The highest BCUT2D eigenvalue weighted by molar-refractivity contribution is 5.67. The van der Waals surface area contributed by atoms with Crippen LogP contribution in [0.3, 0.4) is 0 Å². The van der Waals surface area contributed by atoms with Crippen LogP contribution in [0.2, 0.25) is 0 Å². The van der Waals surface area contributed by atoms with E-state index in [1.165, 1.54) is 0 Å². The van der Waals surface area contributed by atoms with Crippen LogP contribution in [-0.2, 0) is 14.3 Å². The van der Waals surface area contributed by atoms with Crippen LogP contribution in [0.25, 0.3) is 0 Å². The van der Waals surface area contributed by atoms with Crippen LogP contribution < -0.4 is 0 Å². The molecular weight excluding hydrogens is 222 g/mol. The summed E-state index contributed by atoms with van der Waals surface area (Å²) in [7, 11) is 1.68. The Morgan fingerprint density at radius 2 is 2.29 bits per heavy atom. The van der Waals surface area contributed by atoms with E-state index < -0.39 is 5.97 Å². The number of carboxylic acid groups (broad SMARTS) is 1. The van der Waals surface area contributed by atoms with Gasteiger partial charge in [-0.2, -0.15) is 0 Å². The number of ether oxygens (including phenoxy) is 2. The highest BCUT2D eigenvalue weighted by Crippen LogP contribution is 2.19. The average Bonchev–Trinajstić information content (AvgIpc) is 2.26. The molecule has 1 rings (SSSR count). The maximum atomic E-state index is 10.8. The first-order chi connectivity index (χ1) is 8.06. The molecule has 1 heterocycles. The second-order valence-corrected chi connectivity index (χ2v) is 4.83. The van der Waals surface area contributed by atoms with E-state index in [4.69, 9.17) is 14.6 Å². The zero-order valence-corrected chi connectivity index (χ0v) is 10.9. The molecule has 1 fully saturated rings. The van der Waals surface area contributed by atoms with Crippen LogP contribution in [0, 0.1) is 5.92 Å². The Morgan fingerprint density at radius 3 is 2.82 bits per heavy atom. The van der Waals surface area contributed by atoms with Gasteiger partial charge in [0, 0.05) is 25.7 Å². The Morgan fingerprint density at radius 1 is 1.59 bits per heavy atom. The van der Waals surface area contributed by atoms with E-state index in [-0.39, 0.29) is 18.5 Å². The average molecular weight is 245 g/mol. The van der Waals surface area contributed by atoms with Crippen LogP contribution in [0.15, 0.2) is 0 Å². The molecule has 0 radical (unpaired) electrons. The van der Waals surface area contributed by atoms with Crippen LogP contribution >= 0.6 is 0 Å². The van der Waals surface area contributed by atoms with Gasteiger partial charge in [0.15, 0.2) is 0 Å². The molecule has 5 heteroatoms. The van der Waals surface area contributed by atoms with Crippen molar-refractivity contribution in [3.63, 3.8) is 0 Å². The lowest BCUT2D eigenvalue weighted by atomic mass is 9.99. The molecule has 0 aromatic rings. The lowest BCUT2D eigenvalue weighted by Crippen LogP contribution is -2.54. The van der Waals surface area contributed by atoms with Crippen molar-refractivity contribution in [1.82, 2.24) is 4.90 Å². The van der Waals surface area contributed by atoms with E-state index >= 15 is 0 Å². The summed E-state index contributed by atoms with van der Waals surface area (Å²) in [6.45, 7) is 6.86. The Labute approximate surface area is 103 Å². The predicted molar refractivity (Wildman–Crippen MR) is 64.1 cm³/mol. The summed E-state index contributed by atoms with van der Waals surface area (Å²) in [5.74, 6) is -0.338. The van der Waals surface area contributed by atoms with E-state index in [1.807, 2.05) is 0 Å². The molecule has 0 aromatic heterocycles. The van der Waals surface area contributed by atoms with E-state index in [9.17, 15) is 4.79 Å². The normalized spacial score (nSPS) is 23.9. The molecule has 0 spiro atoms. The number of aliphatic carboxylic acids is 1. The van der Waals surface area contributed by atoms with Gasteiger partial charge in [0.25, 0.3) is 0 Å². The van der Waals surface area contributed by atoms with E-state index in [1.54, 1.807) is 7.11 Å². The summed E-state index contributed by atoms with van der Waals surface area (Å²) in [6, 6.07) is 0.219. The van der Waals surface area contributed by atoms with E-state index in [2.05, 4.69) is 18.7 Å². The molecule has 2 unspecified atom stereocenters. The van der Waals surface area contributed by atoms with Crippen molar-refractivity contribution in [2.75, 3.05) is 33.5 Å². The Bertz CT molecular complexity index is 245. The van der Waals surface area contributed by atoms with Gasteiger partial charge in [0.1, 0.15) is 0 Å².